The summed E-state index contributed by atoms with van der Waals surface area (Å²) in [6.45, 7) is 26.2. The highest BCUT2D eigenvalue weighted by atomic mass is 127. The quantitative estimate of drug-likeness (QED) is 0.0376. The van der Waals surface area contributed by atoms with E-state index in [9.17, 15) is 38.4 Å². The van der Waals surface area contributed by atoms with E-state index in [1.807, 2.05) is 36.4 Å². The van der Waals surface area contributed by atoms with Crippen LogP contribution < -0.4 is 26.6 Å². The van der Waals surface area contributed by atoms with Crippen LogP contribution in [-0.2, 0) is 87.5 Å². The van der Waals surface area contributed by atoms with E-state index in [0.717, 1.165) is 10.8 Å². The number of carbonyl (C=O) groups is 10. The number of amides is 6. The molecule has 0 aromatic heterocycles. The van der Waals surface area contributed by atoms with Crippen LogP contribution in [0.25, 0.3) is 10.8 Å². The first-order valence-electron chi connectivity index (χ1n) is 29.9. The molecule has 2 aromatic rings. The fourth-order valence-corrected chi connectivity index (χ4v) is 9.93. The molecule has 2 fully saturated rings. The first-order valence-corrected chi connectivity index (χ1v) is 31.4. The Balaban J connectivity index is 1.79. The number of urea groups is 1. The number of hydrogen-bond acceptors (Lipinski definition) is 18. The number of hydrogen-bond donors (Lipinski definition) is 5. The van der Waals surface area contributed by atoms with Gasteiger partial charge in [-0.1, -0.05) is 65.1 Å². The van der Waals surface area contributed by atoms with Gasteiger partial charge in [-0.25, -0.2) is 14.4 Å². The Hall–Kier alpha value is -6.19. The van der Waals surface area contributed by atoms with Gasteiger partial charge in [0.25, 0.3) is 0 Å². The highest BCUT2D eigenvalue weighted by Crippen LogP contribution is 2.32. The largest absolute Gasteiger partial charge is 0.460 e. The van der Waals surface area contributed by atoms with E-state index in [1.54, 1.807) is 103 Å². The first-order chi connectivity index (χ1) is 40.6. The van der Waals surface area contributed by atoms with Crippen molar-refractivity contribution in [3.8, 4) is 0 Å². The molecule has 0 radical (unpaired) electrons. The minimum Gasteiger partial charge on any atom is -0.460 e. The monoisotopic (exact) mass is 1350 g/mol. The Morgan fingerprint density at radius 3 is 1.69 bits per heavy atom. The van der Waals surface area contributed by atoms with Gasteiger partial charge in [-0.2, -0.15) is 0 Å². The van der Waals surface area contributed by atoms with Gasteiger partial charge in [0.15, 0.2) is 11.5 Å². The summed E-state index contributed by atoms with van der Waals surface area (Å²) in [6, 6.07) is 4.51. The van der Waals surface area contributed by atoms with Crippen molar-refractivity contribution in [2.45, 2.75) is 233 Å². The molecular formula is C63H95IN6O18. The van der Waals surface area contributed by atoms with Gasteiger partial charge in [-0.3, -0.25) is 33.6 Å². The second kappa shape index (κ2) is 31.5. The minimum absolute atomic E-state index is 0.00698. The van der Waals surface area contributed by atoms with Crippen LogP contribution in [0.3, 0.4) is 0 Å². The molecule has 2 aliphatic heterocycles. The maximum Gasteiger partial charge on any atom is 0.329 e. The number of nitrogens with zero attached hydrogens (tertiary/aromatic N) is 1. The highest BCUT2D eigenvalue weighted by Gasteiger charge is 2.43. The zero-order valence-electron chi connectivity index (χ0n) is 54.2. The van der Waals surface area contributed by atoms with Gasteiger partial charge in [-0.15, -0.1) is 0 Å². The molecule has 5 N–H and O–H groups in total. The van der Waals surface area contributed by atoms with E-state index >= 15 is 9.59 Å². The molecule has 2 aromatic carbocycles. The lowest BCUT2D eigenvalue weighted by atomic mass is 9.93. The molecule has 2 aliphatic rings. The maximum absolute atomic E-state index is 15.7. The minimum atomic E-state index is -1.85. The normalized spacial score (nSPS) is 19.5. The van der Waals surface area contributed by atoms with Crippen LogP contribution in [0, 0.1) is 5.41 Å². The number of ether oxygens (including phenoxy) is 8. The summed E-state index contributed by atoms with van der Waals surface area (Å²) >= 11 is 2.19. The lowest BCUT2D eigenvalue weighted by Gasteiger charge is -2.42. The second-order valence-electron chi connectivity index (χ2n) is 27.4. The topological polar surface area (TPSA) is 308 Å². The maximum atomic E-state index is 15.7. The zero-order chi connectivity index (χ0) is 66.2. The number of nitrogens with one attached hydrogen (secondary N) is 5. The van der Waals surface area contributed by atoms with Crippen molar-refractivity contribution < 1.29 is 85.8 Å². The van der Waals surface area contributed by atoms with Gasteiger partial charge >= 0.3 is 35.9 Å². The van der Waals surface area contributed by atoms with Crippen LogP contribution in [0.2, 0.25) is 0 Å². The average molecular weight is 1350 g/mol. The van der Waals surface area contributed by atoms with E-state index in [2.05, 4.69) is 49.2 Å². The summed E-state index contributed by atoms with van der Waals surface area (Å²) in [4.78, 5) is 142. The van der Waals surface area contributed by atoms with Crippen molar-refractivity contribution in [3.05, 3.63) is 48.0 Å². The summed E-state index contributed by atoms with van der Waals surface area (Å²) in [5.74, 6) is -8.39. The predicted octanol–water partition coefficient (Wildman–Crippen LogP) is 6.70. The van der Waals surface area contributed by atoms with Gasteiger partial charge in [-0.05, 0) is 159 Å². The molecule has 4 rings (SSSR count). The number of rotatable bonds is 21. The Morgan fingerprint density at radius 2 is 1.16 bits per heavy atom. The van der Waals surface area contributed by atoms with E-state index in [-0.39, 0.29) is 58.1 Å². The van der Waals surface area contributed by atoms with Gasteiger partial charge in [0.1, 0.15) is 59.2 Å². The second-order valence-corrected chi connectivity index (χ2v) is 28.1. The third-order valence-corrected chi connectivity index (χ3v) is 15.0. The molecule has 24 nitrogen and oxygen atoms in total. The molecule has 0 saturated carbocycles. The number of halogens is 1. The summed E-state index contributed by atoms with van der Waals surface area (Å²) in [5, 5.41) is 14.9. The van der Waals surface area contributed by atoms with Crippen LogP contribution in [0.1, 0.15) is 168 Å². The molecule has 2 heterocycles. The van der Waals surface area contributed by atoms with Crippen LogP contribution in [0.4, 0.5) is 4.79 Å². The molecule has 0 bridgehead atoms. The van der Waals surface area contributed by atoms with Gasteiger partial charge < -0.3 is 69.4 Å². The summed E-state index contributed by atoms with van der Waals surface area (Å²) in [5.41, 5.74) is -5.70. The van der Waals surface area contributed by atoms with E-state index in [4.69, 9.17) is 37.9 Å². The molecule has 5 unspecified atom stereocenters. The molecule has 492 valence electrons. The molecular weight excluding hydrogens is 1260 g/mol. The number of esters is 5. The van der Waals surface area contributed by atoms with Crippen molar-refractivity contribution in [3.63, 3.8) is 0 Å². The molecule has 5 atom stereocenters. The lowest BCUT2D eigenvalue weighted by Crippen LogP contribution is -2.61. The summed E-state index contributed by atoms with van der Waals surface area (Å²) in [6.07, 6.45) is -2.09. The third kappa shape index (κ3) is 26.1. The van der Waals surface area contributed by atoms with Crippen molar-refractivity contribution in [1.82, 2.24) is 31.5 Å². The predicted molar refractivity (Wildman–Crippen MR) is 333 cm³/mol. The van der Waals surface area contributed by atoms with Crippen LogP contribution in [0.5, 0.6) is 0 Å². The van der Waals surface area contributed by atoms with Crippen molar-refractivity contribution >= 4 is 92.9 Å². The summed E-state index contributed by atoms with van der Waals surface area (Å²) < 4.78 is 46.6. The highest BCUT2D eigenvalue weighted by molar-refractivity contribution is 14.1. The van der Waals surface area contributed by atoms with E-state index in [1.165, 1.54) is 18.7 Å². The first kappa shape index (κ1) is 74.3. The Kier molecular flexibility index (Phi) is 26.6. The number of fused-ring (bicyclic) bond motifs is 1. The number of cyclic esters (lactones) is 1. The van der Waals surface area contributed by atoms with Crippen molar-refractivity contribution in [2.24, 2.45) is 5.41 Å². The van der Waals surface area contributed by atoms with Crippen molar-refractivity contribution in [1.29, 1.82) is 0 Å². The number of alkyl halides is 1. The van der Waals surface area contributed by atoms with E-state index in [0.29, 0.717) is 23.2 Å². The third-order valence-electron chi connectivity index (χ3n) is 13.4. The molecule has 0 aliphatic carbocycles. The van der Waals surface area contributed by atoms with Crippen molar-refractivity contribution in [2.75, 3.05) is 37.4 Å². The van der Waals surface area contributed by atoms with Crippen LogP contribution in [0.15, 0.2) is 42.5 Å². The molecule has 25 heteroatoms. The van der Waals surface area contributed by atoms with E-state index < -0.39 is 148 Å². The zero-order valence-corrected chi connectivity index (χ0v) is 56.4. The molecule has 2 saturated heterocycles. The number of carbonyl (C=O) groups excluding carboxylic acids is 10. The smallest absolute Gasteiger partial charge is 0.329 e. The van der Waals surface area contributed by atoms with Crippen LogP contribution in [-0.4, -0.2) is 166 Å². The van der Waals surface area contributed by atoms with Gasteiger partial charge in [0, 0.05) is 35.6 Å². The average Bonchev–Trinajstić information content (AvgIpc) is 1.04. The van der Waals surface area contributed by atoms with Gasteiger partial charge in [0.2, 0.25) is 23.6 Å². The lowest BCUT2D eigenvalue weighted by molar-refractivity contribution is -0.286. The number of benzene rings is 2. The molecule has 0 spiro atoms. The fraction of sp³-hybridized carbons (Fsp3) is 0.683. The Labute approximate surface area is 531 Å². The van der Waals surface area contributed by atoms with Crippen LogP contribution >= 0.6 is 22.6 Å². The SMILES string of the molecule is CC(C)(C)OC(=O)CCC(NC(=O)COCC1(CI)COC(C)(C)OC1)C(=O)NC(CCC(=O)OC(C)(C)C)C(=O)NC(Cc1ccc2ccccc2c1)C(=O)N1CCCCC(C(=O)OC(C)(C)C)NC(=O)NC(C(=O)OC(C)(C)C)CC(=O)OC1(C)C. The fourth-order valence-electron chi connectivity index (χ4n) is 9.27. The van der Waals surface area contributed by atoms with Gasteiger partial charge in [0.05, 0.1) is 26.2 Å². The Bertz CT molecular complexity index is 2790. The molecule has 6 amide bonds. The molecule has 88 heavy (non-hydrogen) atoms. The summed E-state index contributed by atoms with van der Waals surface area (Å²) in [7, 11) is 0. The Morgan fingerprint density at radius 1 is 0.659 bits per heavy atom. The standard InChI is InChI=1S/C63H95IN6O18/c1-57(2,3)84-48(72)28-26-42(65-47(71)34-81-36-63(35-64)37-82-62(15,16)83-38-63)51(75)66-43(27-29-49(73)85-58(4,5)6)52(76)67-45(32-39-24-25-40-21-17-18-22-41(40)31-39)53(77)70-30-20-19-23-44(54(78)87-59(7,8)9)68-56(80)69-46(55(79)88-60(10,11)12)33-50(74)86-61(70,13)14/h17-18,21-22,24-25,31,42-46H,19-20,23,26-30,32-38H2,1-16H3,(H,65,71)(H,66,75)(H,67,76)(H2,68,69,80).